The van der Waals surface area contributed by atoms with Crippen LogP contribution in [0.2, 0.25) is 0 Å². The lowest BCUT2D eigenvalue weighted by Gasteiger charge is -2.23. The van der Waals surface area contributed by atoms with E-state index >= 15 is 0 Å². The van der Waals surface area contributed by atoms with Crippen molar-refractivity contribution < 1.29 is 0 Å². The lowest BCUT2D eigenvalue weighted by Crippen LogP contribution is -2.37. The molecule has 2 aromatic heterocycles. The summed E-state index contributed by atoms with van der Waals surface area (Å²) in [6.07, 6.45) is 4.89. The molecule has 24 heavy (non-hydrogen) atoms. The highest BCUT2D eigenvalue weighted by atomic mass is 15.4. The average molecular weight is 322 g/mol. The molecule has 0 amide bonds. The topological polar surface area (TPSA) is 71.4 Å². The molecule has 0 fully saturated rings. The van der Waals surface area contributed by atoms with Gasteiger partial charge in [-0.15, -0.1) is 0 Å². The Kier molecular flexibility index (Phi) is 4.13. The van der Waals surface area contributed by atoms with Crippen LogP contribution >= 0.6 is 0 Å². The molecular formula is C18H22N6. The van der Waals surface area contributed by atoms with E-state index in [0.717, 1.165) is 49.7 Å². The van der Waals surface area contributed by atoms with E-state index in [9.17, 15) is 0 Å². The fourth-order valence-electron chi connectivity index (χ4n) is 3.23. The zero-order valence-electron chi connectivity index (χ0n) is 13.9. The summed E-state index contributed by atoms with van der Waals surface area (Å²) in [6.45, 7) is 3.79. The normalized spacial score (nSPS) is 17.0. The van der Waals surface area contributed by atoms with Crippen molar-refractivity contribution in [2.45, 2.75) is 45.3 Å². The molecule has 0 bridgehead atoms. The lowest BCUT2D eigenvalue weighted by atomic mass is 10.1. The van der Waals surface area contributed by atoms with Gasteiger partial charge in [0.05, 0.1) is 18.4 Å². The number of aromatic amines is 1. The van der Waals surface area contributed by atoms with Crippen molar-refractivity contribution >= 4 is 0 Å². The van der Waals surface area contributed by atoms with E-state index in [4.69, 9.17) is 0 Å². The average Bonchev–Trinajstić information content (AvgIpc) is 3.26. The molecule has 1 aliphatic heterocycles. The van der Waals surface area contributed by atoms with Crippen LogP contribution in [0.15, 0.2) is 36.5 Å². The molecule has 4 rings (SSSR count). The van der Waals surface area contributed by atoms with Crippen LogP contribution in [0, 0.1) is 0 Å². The first-order chi connectivity index (χ1) is 11.8. The van der Waals surface area contributed by atoms with Crippen LogP contribution in [-0.4, -0.2) is 31.0 Å². The first-order valence-electron chi connectivity index (χ1n) is 8.57. The van der Waals surface area contributed by atoms with Crippen LogP contribution in [0.25, 0.3) is 11.3 Å². The predicted octanol–water partition coefficient (Wildman–Crippen LogP) is 2.34. The maximum atomic E-state index is 4.58. The molecule has 2 N–H and O–H groups in total. The van der Waals surface area contributed by atoms with Gasteiger partial charge >= 0.3 is 0 Å². The highest BCUT2D eigenvalue weighted by molar-refractivity contribution is 5.62. The molecular weight excluding hydrogens is 300 g/mol. The van der Waals surface area contributed by atoms with Crippen molar-refractivity contribution in [3.8, 4) is 11.3 Å². The Labute approximate surface area is 141 Å². The van der Waals surface area contributed by atoms with Gasteiger partial charge in [-0.05, 0) is 12.0 Å². The minimum atomic E-state index is 0.419. The summed E-state index contributed by atoms with van der Waals surface area (Å²) in [5.41, 5.74) is 3.45. The first kappa shape index (κ1) is 15.1. The Morgan fingerprint density at radius 2 is 2.17 bits per heavy atom. The summed E-state index contributed by atoms with van der Waals surface area (Å²) in [5, 5.41) is 15.6. The fraction of sp³-hybridized carbons (Fsp3) is 0.389. The van der Waals surface area contributed by atoms with Crippen molar-refractivity contribution in [2.75, 3.05) is 0 Å². The predicted molar refractivity (Wildman–Crippen MR) is 92.4 cm³/mol. The number of rotatable bonds is 5. The third kappa shape index (κ3) is 2.97. The lowest BCUT2D eigenvalue weighted by molar-refractivity contribution is 0.357. The van der Waals surface area contributed by atoms with Crippen LogP contribution in [0.5, 0.6) is 0 Å². The molecule has 0 saturated carbocycles. The van der Waals surface area contributed by atoms with Gasteiger partial charge in [0.25, 0.3) is 0 Å². The molecule has 0 aliphatic carbocycles. The Morgan fingerprint density at radius 1 is 1.29 bits per heavy atom. The number of nitrogens with one attached hydrogen (secondary N) is 2. The van der Waals surface area contributed by atoms with Crippen molar-refractivity contribution in [3.63, 3.8) is 0 Å². The summed E-state index contributed by atoms with van der Waals surface area (Å²) >= 11 is 0. The van der Waals surface area contributed by atoms with E-state index in [1.165, 1.54) is 11.1 Å². The van der Waals surface area contributed by atoms with Gasteiger partial charge < -0.3 is 5.32 Å². The Morgan fingerprint density at radius 3 is 3.00 bits per heavy atom. The number of fused-ring (bicyclic) bond motifs is 1. The quantitative estimate of drug-likeness (QED) is 0.756. The summed E-state index contributed by atoms with van der Waals surface area (Å²) in [6, 6.07) is 10.7. The molecule has 6 heteroatoms. The smallest absolute Gasteiger partial charge is 0.150 e. The Bertz CT molecular complexity index is 804. The summed E-state index contributed by atoms with van der Waals surface area (Å²) < 4.78 is 2.06. The highest BCUT2D eigenvalue weighted by Gasteiger charge is 2.21. The molecule has 6 nitrogen and oxygen atoms in total. The van der Waals surface area contributed by atoms with E-state index in [2.05, 4.69) is 49.3 Å². The van der Waals surface area contributed by atoms with Crippen molar-refractivity contribution in [1.29, 1.82) is 0 Å². The molecule has 3 heterocycles. The van der Waals surface area contributed by atoms with Gasteiger partial charge in [0.15, 0.2) is 5.82 Å². The van der Waals surface area contributed by atoms with Gasteiger partial charge in [-0.25, -0.2) is 9.67 Å². The second-order valence-corrected chi connectivity index (χ2v) is 6.23. The number of hydrogen-bond acceptors (Lipinski definition) is 4. The minimum absolute atomic E-state index is 0.419. The number of aromatic nitrogens is 5. The SMILES string of the molecule is CCc1nc2n(n1)CC(NCc1cn[nH]c1-c1ccccc1)CC2. The molecule has 0 radical (unpaired) electrons. The standard InChI is InChI=1S/C18H22N6/c1-2-16-21-17-9-8-15(12-24(17)23-16)19-10-14-11-20-22-18(14)13-6-4-3-5-7-13/h3-7,11,15,19H,2,8-10,12H2,1H3,(H,20,22). The molecule has 124 valence electrons. The van der Waals surface area contributed by atoms with Gasteiger partial charge in [-0.2, -0.15) is 10.2 Å². The molecule has 0 saturated heterocycles. The molecule has 1 aromatic carbocycles. The summed E-state index contributed by atoms with van der Waals surface area (Å²) in [4.78, 5) is 4.58. The van der Waals surface area contributed by atoms with E-state index in [-0.39, 0.29) is 0 Å². The number of nitrogens with zero attached hydrogens (tertiary/aromatic N) is 4. The largest absolute Gasteiger partial charge is 0.308 e. The van der Waals surface area contributed by atoms with E-state index in [1.807, 2.05) is 24.4 Å². The van der Waals surface area contributed by atoms with Crippen molar-refractivity contribution in [1.82, 2.24) is 30.3 Å². The number of aryl methyl sites for hydroxylation is 2. The second-order valence-electron chi connectivity index (χ2n) is 6.23. The van der Waals surface area contributed by atoms with Crippen molar-refractivity contribution in [2.24, 2.45) is 0 Å². The van der Waals surface area contributed by atoms with Gasteiger partial charge in [0.2, 0.25) is 0 Å². The Hall–Kier alpha value is -2.47. The van der Waals surface area contributed by atoms with Gasteiger partial charge in [-0.3, -0.25) is 5.10 Å². The third-order valence-corrected chi connectivity index (χ3v) is 4.58. The molecule has 1 atom stereocenters. The zero-order chi connectivity index (χ0) is 16.4. The van der Waals surface area contributed by atoms with Crippen LogP contribution in [0.4, 0.5) is 0 Å². The van der Waals surface area contributed by atoms with Gasteiger partial charge in [-0.1, -0.05) is 37.3 Å². The van der Waals surface area contributed by atoms with Gasteiger partial charge in [0, 0.05) is 31.0 Å². The van der Waals surface area contributed by atoms with E-state index in [0.29, 0.717) is 6.04 Å². The highest BCUT2D eigenvalue weighted by Crippen LogP contribution is 2.21. The van der Waals surface area contributed by atoms with Crippen LogP contribution < -0.4 is 5.32 Å². The molecule has 1 unspecified atom stereocenters. The molecule has 0 spiro atoms. The fourth-order valence-corrected chi connectivity index (χ4v) is 3.23. The van der Waals surface area contributed by atoms with Crippen LogP contribution in [-0.2, 0) is 25.9 Å². The van der Waals surface area contributed by atoms with Crippen LogP contribution in [0.3, 0.4) is 0 Å². The third-order valence-electron chi connectivity index (χ3n) is 4.58. The van der Waals surface area contributed by atoms with E-state index in [1.54, 1.807) is 0 Å². The number of benzene rings is 1. The summed E-state index contributed by atoms with van der Waals surface area (Å²) in [5.74, 6) is 2.07. The molecule has 3 aromatic rings. The molecule has 1 aliphatic rings. The minimum Gasteiger partial charge on any atom is -0.308 e. The second kappa shape index (κ2) is 6.57. The van der Waals surface area contributed by atoms with Gasteiger partial charge in [0.1, 0.15) is 5.82 Å². The van der Waals surface area contributed by atoms with E-state index < -0.39 is 0 Å². The number of hydrogen-bond donors (Lipinski definition) is 2. The maximum absolute atomic E-state index is 4.58. The number of H-pyrrole nitrogens is 1. The zero-order valence-corrected chi connectivity index (χ0v) is 13.9. The Balaban J connectivity index is 1.42. The van der Waals surface area contributed by atoms with Crippen molar-refractivity contribution in [3.05, 3.63) is 53.7 Å². The maximum Gasteiger partial charge on any atom is 0.150 e. The monoisotopic (exact) mass is 322 g/mol. The van der Waals surface area contributed by atoms with Crippen LogP contribution in [0.1, 0.15) is 30.6 Å². The summed E-state index contributed by atoms with van der Waals surface area (Å²) in [7, 11) is 0. The first-order valence-corrected chi connectivity index (χ1v) is 8.57.